The molecule has 8 nitrogen and oxygen atoms in total. The Hall–Kier alpha value is -1.91. The van der Waals surface area contributed by atoms with Gasteiger partial charge in [-0.05, 0) is 26.2 Å². The molecular weight excluding hydrogens is 396 g/mol. The number of anilines is 1. The first-order valence-electron chi connectivity index (χ1n) is 9.45. The van der Waals surface area contributed by atoms with E-state index in [1.165, 1.54) is 11.3 Å². The number of hydrogen-bond acceptors (Lipinski definition) is 8. The van der Waals surface area contributed by atoms with Gasteiger partial charge < -0.3 is 15.8 Å². The Kier molecular flexibility index (Phi) is 4.44. The van der Waals surface area contributed by atoms with Crippen molar-refractivity contribution in [2.24, 2.45) is 16.6 Å². The summed E-state index contributed by atoms with van der Waals surface area (Å²) in [5.41, 5.74) is 6.05. The molecule has 10 heteroatoms. The van der Waals surface area contributed by atoms with Gasteiger partial charge in [-0.15, -0.1) is 11.3 Å². The summed E-state index contributed by atoms with van der Waals surface area (Å²) in [6.07, 6.45) is 6.79. The molecule has 148 valence electrons. The summed E-state index contributed by atoms with van der Waals surface area (Å²) < 4.78 is 7.80. The number of thiazole rings is 1. The Labute approximate surface area is 171 Å². The second-order valence-corrected chi connectivity index (χ2v) is 9.57. The van der Waals surface area contributed by atoms with Gasteiger partial charge in [0, 0.05) is 23.2 Å². The van der Waals surface area contributed by atoms with E-state index in [1.807, 2.05) is 10.1 Å². The normalized spacial score (nSPS) is 29.8. The van der Waals surface area contributed by atoms with E-state index >= 15 is 0 Å². The van der Waals surface area contributed by atoms with E-state index in [0.717, 1.165) is 30.0 Å². The molecule has 0 spiro atoms. The number of amidine groups is 1. The minimum atomic E-state index is -0.549. The van der Waals surface area contributed by atoms with E-state index in [4.69, 9.17) is 20.4 Å². The van der Waals surface area contributed by atoms with Crippen LogP contribution in [0.3, 0.4) is 0 Å². The molecular formula is C18H22N6O2S2. The second-order valence-electron chi connectivity index (χ2n) is 7.67. The highest BCUT2D eigenvalue weighted by Crippen LogP contribution is 2.47. The van der Waals surface area contributed by atoms with Crippen LogP contribution in [0, 0.1) is 5.92 Å². The van der Waals surface area contributed by atoms with Crippen molar-refractivity contribution in [1.29, 1.82) is 0 Å². The minimum Gasteiger partial charge on any atom is -0.379 e. The fourth-order valence-electron chi connectivity index (χ4n) is 3.79. The van der Waals surface area contributed by atoms with Crippen molar-refractivity contribution in [1.82, 2.24) is 14.8 Å². The SMILES string of the molecule is C[C@H]1C[C@H]2CSC(N)=NC2(c2nc(NC(=O)c3cnn(C4CC4)c3)cs2)CO1. The Morgan fingerprint density at radius 1 is 1.46 bits per heavy atom. The van der Waals surface area contributed by atoms with Gasteiger partial charge in [-0.25, -0.2) is 9.98 Å². The number of aliphatic imine (C=N–C) groups is 1. The van der Waals surface area contributed by atoms with E-state index < -0.39 is 5.54 Å². The van der Waals surface area contributed by atoms with E-state index in [9.17, 15) is 4.79 Å². The van der Waals surface area contributed by atoms with Gasteiger partial charge >= 0.3 is 0 Å². The third-order valence-electron chi connectivity index (χ3n) is 5.52. The molecule has 0 aromatic carbocycles. The van der Waals surface area contributed by atoms with E-state index in [0.29, 0.717) is 35.1 Å². The molecule has 1 unspecified atom stereocenters. The highest BCUT2D eigenvalue weighted by Gasteiger charge is 2.49. The van der Waals surface area contributed by atoms with Crippen LogP contribution in [-0.4, -0.2) is 44.3 Å². The second kappa shape index (κ2) is 6.85. The van der Waals surface area contributed by atoms with Crippen LogP contribution in [0.4, 0.5) is 5.82 Å². The summed E-state index contributed by atoms with van der Waals surface area (Å²) in [4.78, 5) is 22.0. The molecule has 3 N–H and O–H groups in total. The summed E-state index contributed by atoms with van der Waals surface area (Å²) >= 11 is 3.09. The predicted octanol–water partition coefficient (Wildman–Crippen LogP) is 2.61. The molecule has 2 aromatic heterocycles. The van der Waals surface area contributed by atoms with Gasteiger partial charge in [-0.1, -0.05) is 11.8 Å². The topological polar surface area (TPSA) is 107 Å². The van der Waals surface area contributed by atoms with Gasteiger partial charge in [0.1, 0.15) is 16.4 Å². The summed E-state index contributed by atoms with van der Waals surface area (Å²) in [5.74, 6) is 1.56. The third-order valence-corrected chi connectivity index (χ3v) is 7.49. The van der Waals surface area contributed by atoms with Crippen molar-refractivity contribution in [2.75, 3.05) is 17.7 Å². The molecule has 3 atom stereocenters. The highest BCUT2D eigenvalue weighted by atomic mass is 32.2. The zero-order valence-corrected chi connectivity index (χ0v) is 17.1. The number of carbonyl (C=O) groups is 1. The van der Waals surface area contributed by atoms with E-state index in [1.54, 1.807) is 24.2 Å². The fourth-order valence-corrected chi connectivity index (χ4v) is 5.76. The van der Waals surface area contributed by atoms with Crippen LogP contribution in [0.25, 0.3) is 0 Å². The van der Waals surface area contributed by atoms with Gasteiger partial charge in [0.05, 0.1) is 30.5 Å². The average Bonchev–Trinajstić information content (AvgIpc) is 3.21. The lowest BCUT2D eigenvalue weighted by Crippen LogP contribution is -2.49. The number of aromatic nitrogens is 3. The molecule has 2 fully saturated rings. The molecule has 0 bridgehead atoms. The van der Waals surface area contributed by atoms with Crippen LogP contribution in [0.1, 0.15) is 47.6 Å². The molecule has 1 aliphatic carbocycles. The summed E-state index contributed by atoms with van der Waals surface area (Å²) in [6.45, 7) is 2.56. The lowest BCUT2D eigenvalue weighted by molar-refractivity contribution is -0.0466. The zero-order valence-electron chi connectivity index (χ0n) is 15.5. The first-order chi connectivity index (χ1) is 13.5. The number of rotatable bonds is 4. The largest absolute Gasteiger partial charge is 0.379 e. The summed E-state index contributed by atoms with van der Waals surface area (Å²) in [7, 11) is 0. The molecule has 1 saturated heterocycles. The molecule has 1 amide bonds. The maximum atomic E-state index is 12.6. The molecule has 2 aliphatic heterocycles. The lowest BCUT2D eigenvalue weighted by atomic mass is 9.80. The minimum absolute atomic E-state index is 0.200. The van der Waals surface area contributed by atoms with Crippen molar-refractivity contribution in [3.63, 3.8) is 0 Å². The maximum Gasteiger partial charge on any atom is 0.260 e. The third kappa shape index (κ3) is 3.23. The van der Waals surface area contributed by atoms with Gasteiger partial charge in [-0.3, -0.25) is 9.48 Å². The van der Waals surface area contributed by atoms with Crippen molar-refractivity contribution in [3.8, 4) is 0 Å². The summed E-state index contributed by atoms with van der Waals surface area (Å²) in [5, 5.41) is 10.4. The fraction of sp³-hybridized carbons (Fsp3) is 0.556. The molecule has 0 radical (unpaired) electrons. The zero-order chi connectivity index (χ0) is 19.3. The van der Waals surface area contributed by atoms with Crippen LogP contribution in [0.15, 0.2) is 22.8 Å². The standard InChI is InChI=1S/C18H22N6O2S2/c1-10-4-12-7-28-17(19)23-18(12,9-26-10)16-22-14(8-27-16)21-15(25)11-5-20-24(6-11)13-2-3-13/h5-6,8,10,12-13H,2-4,7,9H2,1H3,(H2,19,23)(H,21,25)/t10-,12-,18?/m0/s1. The number of nitrogens with one attached hydrogen (secondary N) is 1. The number of fused-ring (bicyclic) bond motifs is 1. The first-order valence-corrected chi connectivity index (χ1v) is 11.3. The van der Waals surface area contributed by atoms with Gasteiger partial charge in [0.25, 0.3) is 5.91 Å². The maximum absolute atomic E-state index is 12.6. The summed E-state index contributed by atoms with van der Waals surface area (Å²) in [6, 6.07) is 0.449. The van der Waals surface area contributed by atoms with E-state index in [2.05, 4.69) is 17.3 Å². The lowest BCUT2D eigenvalue weighted by Gasteiger charge is -2.44. The monoisotopic (exact) mass is 418 g/mol. The average molecular weight is 419 g/mol. The van der Waals surface area contributed by atoms with E-state index in [-0.39, 0.29) is 12.0 Å². The Balaban J connectivity index is 1.37. The number of hydrogen-bond donors (Lipinski definition) is 2. The molecule has 3 aliphatic rings. The number of ether oxygens (including phenoxy) is 1. The highest BCUT2D eigenvalue weighted by molar-refractivity contribution is 8.13. The number of thioether (sulfide) groups is 1. The predicted molar refractivity (Wildman–Crippen MR) is 110 cm³/mol. The van der Waals surface area contributed by atoms with Crippen molar-refractivity contribution >= 4 is 40.0 Å². The first kappa shape index (κ1) is 18.1. The van der Waals surface area contributed by atoms with Gasteiger partial charge in [0.2, 0.25) is 0 Å². The molecule has 28 heavy (non-hydrogen) atoms. The molecule has 2 aromatic rings. The molecule has 1 saturated carbocycles. The number of nitrogens with two attached hydrogens (primary N) is 1. The number of amides is 1. The molecule has 5 rings (SSSR count). The van der Waals surface area contributed by atoms with Gasteiger partial charge in [0.15, 0.2) is 5.17 Å². The van der Waals surface area contributed by atoms with Crippen LogP contribution < -0.4 is 11.1 Å². The Morgan fingerprint density at radius 2 is 2.32 bits per heavy atom. The smallest absolute Gasteiger partial charge is 0.260 e. The van der Waals surface area contributed by atoms with Gasteiger partial charge in [-0.2, -0.15) is 5.10 Å². The van der Waals surface area contributed by atoms with Crippen molar-refractivity contribution in [2.45, 2.75) is 43.9 Å². The van der Waals surface area contributed by atoms with Crippen molar-refractivity contribution in [3.05, 3.63) is 28.3 Å². The van der Waals surface area contributed by atoms with Crippen LogP contribution in [-0.2, 0) is 10.3 Å². The number of carbonyl (C=O) groups excluding carboxylic acids is 1. The molecule has 4 heterocycles. The van der Waals surface area contributed by atoms with Crippen molar-refractivity contribution < 1.29 is 9.53 Å². The van der Waals surface area contributed by atoms with Crippen LogP contribution in [0.5, 0.6) is 0 Å². The quantitative estimate of drug-likeness (QED) is 0.790. The Bertz CT molecular complexity index is 936. The number of nitrogens with zero attached hydrogens (tertiary/aromatic N) is 4. The Morgan fingerprint density at radius 3 is 3.14 bits per heavy atom. The van der Waals surface area contributed by atoms with Crippen LogP contribution >= 0.6 is 23.1 Å². The van der Waals surface area contributed by atoms with Crippen LogP contribution in [0.2, 0.25) is 0 Å².